The minimum atomic E-state index is -0.834. The van der Waals surface area contributed by atoms with E-state index in [1.165, 1.54) is 6.42 Å². The van der Waals surface area contributed by atoms with E-state index in [-0.39, 0.29) is 18.4 Å². The van der Waals surface area contributed by atoms with Crippen LogP contribution < -0.4 is 10.1 Å². The highest BCUT2D eigenvalue weighted by Crippen LogP contribution is 2.22. The Labute approximate surface area is 162 Å². The molecule has 0 radical (unpaired) electrons. The van der Waals surface area contributed by atoms with E-state index in [9.17, 15) is 9.59 Å². The normalized spacial score (nSPS) is 16.5. The van der Waals surface area contributed by atoms with Gasteiger partial charge in [0.2, 0.25) is 0 Å². The first kappa shape index (κ1) is 21.2. The van der Waals surface area contributed by atoms with E-state index in [0.29, 0.717) is 24.5 Å². The molecule has 27 heavy (non-hydrogen) atoms. The number of piperidine rings is 1. The van der Waals surface area contributed by atoms with E-state index in [0.717, 1.165) is 32.4 Å². The Balaban J connectivity index is 1.86. The maximum absolute atomic E-state index is 12.6. The van der Waals surface area contributed by atoms with Crippen LogP contribution in [0, 0.1) is 0 Å². The lowest BCUT2D eigenvalue weighted by atomic mass is 9.99. The van der Waals surface area contributed by atoms with E-state index >= 15 is 0 Å². The first-order valence-corrected chi connectivity index (χ1v) is 9.94. The van der Waals surface area contributed by atoms with Crippen molar-refractivity contribution in [3.63, 3.8) is 0 Å². The molecule has 1 saturated heterocycles. The Morgan fingerprint density at radius 2 is 1.78 bits per heavy atom. The van der Waals surface area contributed by atoms with Crippen LogP contribution in [0.2, 0.25) is 0 Å². The van der Waals surface area contributed by atoms with E-state index < -0.39 is 5.60 Å². The standard InChI is InChI=1S/C21H32N2O4/c1-4-13-21(3,27-5-2)20(25)22-17-9-11-18(12-10-17)26-16-19(24)23-14-7-6-8-15-23/h9-12H,4-8,13-16H2,1-3H3,(H,22,25). The summed E-state index contributed by atoms with van der Waals surface area (Å²) in [6.45, 7) is 7.92. The van der Waals surface area contributed by atoms with Crippen LogP contribution in [0.25, 0.3) is 0 Å². The third-order valence-electron chi connectivity index (χ3n) is 4.85. The van der Waals surface area contributed by atoms with Gasteiger partial charge in [0.15, 0.2) is 6.61 Å². The van der Waals surface area contributed by atoms with Crippen LogP contribution in [0.4, 0.5) is 5.69 Å². The maximum Gasteiger partial charge on any atom is 0.260 e. The second kappa shape index (κ2) is 10.3. The Morgan fingerprint density at radius 3 is 2.37 bits per heavy atom. The number of likely N-dealkylation sites (tertiary alicyclic amines) is 1. The third kappa shape index (κ3) is 6.24. The second-order valence-corrected chi connectivity index (χ2v) is 7.12. The van der Waals surface area contributed by atoms with Crippen LogP contribution >= 0.6 is 0 Å². The number of amides is 2. The van der Waals surface area contributed by atoms with Gasteiger partial charge in [-0.3, -0.25) is 9.59 Å². The molecule has 1 aliphatic heterocycles. The molecule has 0 spiro atoms. The SMILES string of the molecule is CCCC(C)(OCC)C(=O)Nc1ccc(OCC(=O)N2CCCCC2)cc1. The molecule has 1 aromatic carbocycles. The molecule has 0 bridgehead atoms. The maximum atomic E-state index is 12.6. The molecule has 1 aliphatic rings. The van der Waals surface area contributed by atoms with Crippen molar-refractivity contribution >= 4 is 17.5 Å². The first-order valence-electron chi connectivity index (χ1n) is 9.94. The van der Waals surface area contributed by atoms with Crippen molar-refractivity contribution in [2.24, 2.45) is 0 Å². The fourth-order valence-electron chi connectivity index (χ4n) is 3.32. The predicted molar refractivity (Wildman–Crippen MR) is 106 cm³/mol. The highest BCUT2D eigenvalue weighted by molar-refractivity contribution is 5.97. The lowest BCUT2D eigenvalue weighted by molar-refractivity contribution is -0.139. The topological polar surface area (TPSA) is 67.9 Å². The van der Waals surface area contributed by atoms with Crippen molar-refractivity contribution < 1.29 is 19.1 Å². The highest BCUT2D eigenvalue weighted by atomic mass is 16.5. The van der Waals surface area contributed by atoms with Gasteiger partial charge in [0.05, 0.1) is 0 Å². The number of carbonyl (C=O) groups is 2. The molecule has 150 valence electrons. The summed E-state index contributed by atoms with van der Waals surface area (Å²) in [5.41, 5.74) is -0.156. The number of hydrogen-bond acceptors (Lipinski definition) is 4. The van der Waals surface area contributed by atoms with Gasteiger partial charge in [-0.05, 0) is 63.8 Å². The highest BCUT2D eigenvalue weighted by Gasteiger charge is 2.32. The summed E-state index contributed by atoms with van der Waals surface area (Å²) in [6, 6.07) is 7.07. The van der Waals surface area contributed by atoms with Gasteiger partial charge < -0.3 is 19.7 Å². The molecule has 1 atom stereocenters. The van der Waals surface area contributed by atoms with Crippen LogP contribution in [0.3, 0.4) is 0 Å². The number of nitrogens with one attached hydrogen (secondary N) is 1. The molecule has 0 saturated carbocycles. The first-order chi connectivity index (χ1) is 13.0. The summed E-state index contributed by atoms with van der Waals surface area (Å²) in [7, 11) is 0. The zero-order valence-corrected chi connectivity index (χ0v) is 16.8. The van der Waals surface area contributed by atoms with E-state index in [4.69, 9.17) is 9.47 Å². The van der Waals surface area contributed by atoms with Crippen LogP contribution in [0.15, 0.2) is 24.3 Å². The monoisotopic (exact) mass is 376 g/mol. The number of rotatable bonds is 9. The van der Waals surface area contributed by atoms with Crippen molar-refractivity contribution in [2.75, 3.05) is 31.6 Å². The van der Waals surface area contributed by atoms with E-state index in [2.05, 4.69) is 5.32 Å². The smallest absolute Gasteiger partial charge is 0.260 e. The third-order valence-corrected chi connectivity index (χ3v) is 4.85. The van der Waals surface area contributed by atoms with Crippen LogP contribution in [-0.4, -0.2) is 48.6 Å². The van der Waals surface area contributed by atoms with Gasteiger partial charge in [-0.2, -0.15) is 0 Å². The molecule has 1 aromatic rings. The minimum Gasteiger partial charge on any atom is -0.484 e. The van der Waals surface area contributed by atoms with Crippen LogP contribution in [-0.2, 0) is 14.3 Å². The molecular weight excluding hydrogens is 344 g/mol. The molecule has 2 amide bonds. The molecule has 0 aliphatic carbocycles. The van der Waals surface area contributed by atoms with Crippen molar-refractivity contribution in [1.82, 2.24) is 4.90 Å². The molecule has 6 heteroatoms. The number of nitrogens with zero attached hydrogens (tertiary/aromatic N) is 1. The molecule has 0 aromatic heterocycles. The van der Waals surface area contributed by atoms with Crippen LogP contribution in [0.1, 0.15) is 52.9 Å². The Hall–Kier alpha value is -2.08. The number of ether oxygens (including phenoxy) is 2. The van der Waals surface area contributed by atoms with E-state index in [1.807, 2.05) is 25.7 Å². The number of hydrogen-bond donors (Lipinski definition) is 1. The zero-order valence-electron chi connectivity index (χ0n) is 16.8. The number of benzene rings is 1. The fraction of sp³-hybridized carbons (Fsp3) is 0.619. The molecule has 6 nitrogen and oxygen atoms in total. The molecule has 1 unspecified atom stereocenters. The quantitative estimate of drug-likeness (QED) is 0.715. The molecule has 1 fully saturated rings. The largest absolute Gasteiger partial charge is 0.484 e. The second-order valence-electron chi connectivity index (χ2n) is 7.12. The number of anilines is 1. The lowest BCUT2D eigenvalue weighted by Crippen LogP contribution is -2.42. The van der Waals surface area contributed by atoms with Gasteiger partial charge >= 0.3 is 0 Å². The van der Waals surface area contributed by atoms with Gasteiger partial charge in [0.25, 0.3) is 11.8 Å². The van der Waals surface area contributed by atoms with Gasteiger partial charge in [0, 0.05) is 25.4 Å². The molecule has 2 rings (SSSR count). The fourth-order valence-corrected chi connectivity index (χ4v) is 3.32. The molecule has 1 heterocycles. The summed E-state index contributed by atoms with van der Waals surface area (Å²) < 4.78 is 11.3. The minimum absolute atomic E-state index is 0.0270. The van der Waals surface area contributed by atoms with E-state index in [1.54, 1.807) is 24.3 Å². The summed E-state index contributed by atoms with van der Waals surface area (Å²) in [4.78, 5) is 26.6. The van der Waals surface area contributed by atoms with Gasteiger partial charge in [0.1, 0.15) is 11.4 Å². The van der Waals surface area contributed by atoms with Crippen molar-refractivity contribution in [1.29, 1.82) is 0 Å². The Morgan fingerprint density at radius 1 is 1.11 bits per heavy atom. The average molecular weight is 376 g/mol. The summed E-state index contributed by atoms with van der Waals surface area (Å²) in [5, 5.41) is 2.90. The summed E-state index contributed by atoms with van der Waals surface area (Å²) >= 11 is 0. The van der Waals surface area contributed by atoms with Crippen LogP contribution in [0.5, 0.6) is 5.75 Å². The van der Waals surface area contributed by atoms with Gasteiger partial charge in [-0.15, -0.1) is 0 Å². The van der Waals surface area contributed by atoms with Gasteiger partial charge in [-0.1, -0.05) is 13.3 Å². The number of carbonyl (C=O) groups excluding carboxylic acids is 2. The van der Waals surface area contributed by atoms with Crippen molar-refractivity contribution in [3.05, 3.63) is 24.3 Å². The van der Waals surface area contributed by atoms with Crippen molar-refractivity contribution in [2.45, 2.75) is 58.5 Å². The lowest BCUT2D eigenvalue weighted by Gasteiger charge is -2.28. The van der Waals surface area contributed by atoms with Gasteiger partial charge in [-0.25, -0.2) is 0 Å². The van der Waals surface area contributed by atoms with Crippen molar-refractivity contribution in [3.8, 4) is 5.75 Å². The average Bonchev–Trinajstić information content (AvgIpc) is 2.68. The molecular formula is C21H32N2O4. The Kier molecular flexibility index (Phi) is 8.10. The molecule has 1 N–H and O–H groups in total. The Bertz CT molecular complexity index is 603. The summed E-state index contributed by atoms with van der Waals surface area (Å²) in [6.07, 6.45) is 4.85. The predicted octanol–water partition coefficient (Wildman–Crippen LogP) is 3.61. The summed E-state index contributed by atoms with van der Waals surface area (Å²) in [5.74, 6) is 0.485. The zero-order chi connectivity index (χ0) is 19.7.